The van der Waals surface area contributed by atoms with E-state index in [1.165, 1.54) is 11.1 Å². The molecule has 0 aromatic heterocycles. The van der Waals surface area contributed by atoms with Gasteiger partial charge in [0.25, 0.3) is 0 Å². The molecule has 0 saturated carbocycles. The van der Waals surface area contributed by atoms with Crippen molar-refractivity contribution in [3.05, 3.63) is 29.3 Å². The van der Waals surface area contributed by atoms with E-state index in [0.717, 1.165) is 38.1 Å². The third kappa shape index (κ3) is 2.77. The lowest BCUT2D eigenvalue weighted by molar-refractivity contribution is 0.0912. The molecule has 3 unspecified atom stereocenters. The lowest BCUT2D eigenvalue weighted by Crippen LogP contribution is -2.48. The summed E-state index contributed by atoms with van der Waals surface area (Å²) in [6.07, 6.45) is 3.59. The molecule has 3 nitrogen and oxygen atoms in total. The van der Waals surface area contributed by atoms with Crippen LogP contribution in [0.25, 0.3) is 0 Å². The topological polar surface area (TPSA) is 38.5 Å². The van der Waals surface area contributed by atoms with Crippen molar-refractivity contribution in [1.82, 2.24) is 4.90 Å². The molecule has 19 heavy (non-hydrogen) atoms. The summed E-state index contributed by atoms with van der Waals surface area (Å²) in [6, 6.07) is 7.46. The molecule has 1 aromatic rings. The minimum Gasteiger partial charge on any atom is -0.488 e. The number of rotatable bonds is 2. The molecule has 1 saturated heterocycles. The highest BCUT2D eigenvalue weighted by Gasteiger charge is 2.29. The van der Waals surface area contributed by atoms with Crippen molar-refractivity contribution in [3.8, 4) is 5.75 Å². The predicted molar refractivity (Wildman–Crippen MR) is 77.5 cm³/mol. The van der Waals surface area contributed by atoms with Crippen LogP contribution < -0.4 is 10.5 Å². The molecule has 2 aliphatic heterocycles. The van der Waals surface area contributed by atoms with Crippen molar-refractivity contribution >= 4 is 0 Å². The summed E-state index contributed by atoms with van der Waals surface area (Å²) in [6.45, 7) is 6.56. The van der Waals surface area contributed by atoms with Crippen molar-refractivity contribution < 1.29 is 4.74 Å². The van der Waals surface area contributed by atoms with E-state index in [9.17, 15) is 0 Å². The fourth-order valence-electron chi connectivity index (χ4n) is 3.34. The van der Waals surface area contributed by atoms with Crippen LogP contribution in [0.3, 0.4) is 0 Å². The largest absolute Gasteiger partial charge is 0.488 e. The fourth-order valence-corrected chi connectivity index (χ4v) is 3.34. The van der Waals surface area contributed by atoms with Crippen LogP contribution in [-0.4, -0.2) is 36.2 Å². The average Bonchev–Trinajstić information content (AvgIpc) is 2.74. The second kappa shape index (κ2) is 5.14. The van der Waals surface area contributed by atoms with E-state index >= 15 is 0 Å². The molecule has 104 valence electrons. The van der Waals surface area contributed by atoms with E-state index in [1.807, 2.05) is 0 Å². The lowest BCUT2D eigenvalue weighted by atomic mass is 9.98. The molecule has 2 N–H and O–H groups in total. The van der Waals surface area contributed by atoms with E-state index in [-0.39, 0.29) is 0 Å². The molecule has 1 aromatic carbocycles. The van der Waals surface area contributed by atoms with Crippen LogP contribution in [0.2, 0.25) is 0 Å². The summed E-state index contributed by atoms with van der Waals surface area (Å²) in [7, 11) is 0. The average molecular weight is 260 g/mol. The van der Waals surface area contributed by atoms with Gasteiger partial charge in [0.2, 0.25) is 0 Å². The van der Waals surface area contributed by atoms with E-state index in [0.29, 0.717) is 18.2 Å². The summed E-state index contributed by atoms with van der Waals surface area (Å²) in [5, 5.41) is 0. The van der Waals surface area contributed by atoms with Crippen molar-refractivity contribution in [3.63, 3.8) is 0 Å². The van der Waals surface area contributed by atoms with Gasteiger partial charge in [0, 0.05) is 31.6 Å². The van der Waals surface area contributed by atoms with Crippen molar-refractivity contribution in [1.29, 1.82) is 0 Å². The highest BCUT2D eigenvalue weighted by Crippen LogP contribution is 2.30. The zero-order valence-electron chi connectivity index (χ0n) is 11.9. The number of hydrogen-bond acceptors (Lipinski definition) is 3. The molecule has 2 heterocycles. The van der Waals surface area contributed by atoms with Crippen LogP contribution in [0.1, 0.15) is 30.9 Å². The van der Waals surface area contributed by atoms with Crippen LogP contribution in [0.15, 0.2) is 18.2 Å². The molecule has 0 amide bonds. The number of piperidine rings is 1. The molecule has 0 aliphatic carbocycles. The quantitative estimate of drug-likeness (QED) is 0.885. The summed E-state index contributed by atoms with van der Waals surface area (Å²) in [5.74, 6) is 1.08. The van der Waals surface area contributed by atoms with Crippen LogP contribution >= 0.6 is 0 Å². The van der Waals surface area contributed by atoms with Gasteiger partial charge in [-0.1, -0.05) is 17.7 Å². The molecule has 1 fully saturated rings. The Labute approximate surface area is 115 Å². The highest BCUT2D eigenvalue weighted by atomic mass is 16.5. The van der Waals surface area contributed by atoms with Gasteiger partial charge in [-0.05, 0) is 38.3 Å². The number of nitrogens with zero attached hydrogens (tertiary/aromatic N) is 1. The van der Waals surface area contributed by atoms with Crippen molar-refractivity contribution in [2.75, 3.05) is 13.1 Å². The number of ether oxygens (including phenoxy) is 1. The molecule has 0 radical (unpaired) electrons. The number of hydrogen-bond donors (Lipinski definition) is 1. The first kappa shape index (κ1) is 12.9. The zero-order chi connectivity index (χ0) is 13.4. The Balaban J connectivity index is 1.61. The Morgan fingerprint density at radius 1 is 1.42 bits per heavy atom. The standard InChI is InChI=1S/C16H24N2O/c1-11-3-4-16-13(7-11)9-15(19-16)10-18-6-5-14(17)8-12(18)2/h3-4,7,12,14-15H,5-6,8-10,17H2,1-2H3. The van der Waals surface area contributed by atoms with Gasteiger partial charge in [-0.25, -0.2) is 0 Å². The molecular weight excluding hydrogens is 236 g/mol. The van der Waals surface area contributed by atoms with Crippen LogP contribution in [0, 0.1) is 6.92 Å². The Kier molecular flexibility index (Phi) is 3.50. The van der Waals surface area contributed by atoms with Crippen LogP contribution in [0.5, 0.6) is 5.75 Å². The normalized spacial score (nSPS) is 31.0. The van der Waals surface area contributed by atoms with Gasteiger partial charge in [-0.2, -0.15) is 0 Å². The van der Waals surface area contributed by atoms with Crippen molar-refractivity contribution in [2.24, 2.45) is 5.73 Å². The fraction of sp³-hybridized carbons (Fsp3) is 0.625. The summed E-state index contributed by atoms with van der Waals surface area (Å²) in [4.78, 5) is 2.53. The second-order valence-corrected chi connectivity index (χ2v) is 6.18. The Morgan fingerprint density at radius 2 is 2.26 bits per heavy atom. The van der Waals surface area contributed by atoms with Gasteiger partial charge in [0.1, 0.15) is 11.9 Å². The first-order valence-electron chi connectivity index (χ1n) is 7.37. The summed E-state index contributed by atoms with van der Waals surface area (Å²) in [5.41, 5.74) is 8.71. The zero-order valence-corrected chi connectivity index (χ0v) is 11.9. The molecule has 2 aliphatic rings. The minimum atomic E-state index is 0.313. The Morgan fingerprint density at radius 3 is 3.05 bits per heavy atom. The number of benzene rings is 1. The maximum atomic E-state index is 6.07. The van der Waals surface area contributed by atoms with Gasteiger partial charge in [0.15, 0.2) is 0 Å². The summed E-state index contributed by atoms with van der Waals surface area (Å²) >= 11 is 0. The molecule has 3 rings (SSSR count). The smallest absolute Gasteiger partial charge is 0.123 e. The lowest BCUT2D eigenvalue weighted by Gasteiger charge is -2.37. The van der Waals surface area contributed by atoms with E-state index < -0.39 is 0 Å². The number of nitrogens with two attached hydrogens (primary N) is 1. The van der Waals surface area contributed by atoms with Gasteiger partial charge in [-0.3, -0.25) is 4.90 Å². The molecular formula is C16H24N2O. The number of fused-ring (bicyclic) bond motifs is 1. The van der Waals surface area contributed by atoms with Crippen LogP contribution in [0.4, 0.5) is 0 Å². The van der Waals surface area contributed by atoms with Gasteiger partial charge in [0.05, 0.1) is 0 Å². The van der Waals surface area contributed by atoms with Gasteiger partial charge in [-0.15, -0.1) is 0 Å². The Hall–Kier alpha value is -1.06. The number of aryl methyl sites for hydroxylation is 1. The van der Waals surface area contributed by atoms with E-state index in [1.54, 1.807) is 0 Å². The maximum Gasteiger partial charge on any atom is 0.123 e. The minimum absolute atomic E-state index is 0.313. The number of likely N-dealkylation sites (tertiary alicyclic amines) is 1. The third-order valence-electron chi connectivity index (χ3n) is 4.45. The molecule has 0 bridgehead atoms. The molecule has 3 heteroatoms. The first-order valence-corrected chi connectivity index (χ1v) is 7.37. The van der Waals surface area contributed by atoms with Gasteiger partial charge < -0.3 is 10.5 Å². The Bertz CT molecular complexity index is 460. The SMILES string of the molecule is Cc1ccc2c(c1)CC(CN1CCC(N)CC1C)O2. The van der Waals surface area contributed by atoms with Crippen molar-refractivity contribution in [2.45, 2.75) is 51.3 Å². The van der Waals surface area contributed by atoms with E-state index in [2.05, 4.69) is 36.9 Å². The first-order chi connectivity index (χ1) is 9.11. The highest BCUT2D eigenvalue weighted by molar-refractivity contribution is 5.40. The molecule has 3 atom stereocenters. The summed E-state index contributed by atoms with van der Waals surface area (Å²) < 4.78 is 6.07. The van der Waals surface area contributed by atoms with Crippen LogP contribution in [-0.2, 0) is 6.42 Å². The second-order valence-electron chi connectivity index (χ2n) is 6.18. The molecule has 0 spiro atoms. The van der Waals surface area contributed by atoms with Gasteiger partial charge >= 0.3 is 0 Å². The van der Waals surface area contributed by atoms with E-state index in [4.69, 9.17) is 10.5 Å². The predicted octanol–water partition coefficient (Wildman–Crippen LogP) is 2.11. The monoisotopic (exact) mass is 260 g/mol. The third-order valence-corrected chi connectivity index (χ3v) is 4.45. The maximum absolute atomic E-state index is 6.07.